The fourth-order valence-electron chi connectivity index (χ4n) is 3.59. The highest BCUT2D eigenvalue weighted by atomic mass is 127. The zero-order valence-corrected chi connectivity index (χ0v) is 15.4. The minimum Gasteiger partial charge on any atom is -0.380 e. The van der Waals surface area contributed by atoms with Crippen molar-refractivity contribution >= 4 is 22.6 Å². The quantitative estimate of drug-likeness (QED) is 0.684. The van der Waals surface area contributed by atoms with Gasteiger partial charge in [0.05, 0.1) is 6.10 Å². The van der Waals surface area contributed by atoms with E-state index in [1.807, 2.05) is 7.11 Å². The van der Waals surface area contributed by atoms with Gasteiger partial charge >= 0.3 is 0 Å². The molecule has 0 heterocycles. The van der Waals surface area contributed by atoms with Crippen molar-refractivity contribution in [2.75, 3.05) is 13.7 Å². The maximum Gasteiger partial charge on any atom is 0.0755 e. The first-order valence-corrected chi connectivity index (χ1v) is 9.33. The van der Waals surface area contributed by atoms with Gasteiger partial charge in [-0.05, 0) is 72.0 Å². The summed E-state index contributed by atoms with van der Waals surface area (Å²) in [6.45, 7) is 3.19. The number of likely N-dealkylation sites (N-methyl/N-ethyl adjacent to an activating group) is 1. The third-order valence-electron chi connectivity index (χ3n) is 4.62. The Labute approximate surface area is 143 Å². The molecule has 0 bridgehead atoms. The molecule has 0 spiro atoms. The number of ether oxygens (including phenoxy) is 1. The van der Waals surface area contributed by atoms with Crippen LogP contribution < -0.4 is 5.32 Å². The molecule has 2 atom stereocenters. The lowest BCUT2D eigenvalue weighted by Gasteiger charge is -2.35. The van der Waals surface area contributed by atoms with Crippen molar-refractivity contribution in [3.63, 3.8) is 0 Å². The van der Waals surface area contributed by atoms with Gasteiger partial charge in [0.15, 0.2) is 0 Å². The summed E-state index contributed by atoms with van der Waals surface area (Å²) in [6, 6.07) is 9.31. The van der Waals surface area contributed by atoms with E-state index >= 15 is 0 Å². The predicted molar refractivity (Wildman–Crippen MR) is 97.7 cm³/mol. The van der Waals surface area contributed by atoms with E-state index in [4.69, 9.17) is 4.74 Å². The topological polar surface area (TPSA) is 21.3 Å². The molecule has 0 aromatic heterocycles. The fraction of sp³-hybridized carbons (Fsp3) is 0.667. The molecule has 21 heavy (non-hydrogen) atoms. The van der Waals surface area contributed by atoms with Crippen LogP contribution in [0.5, 0.6) is 0 Å². The molecule has 0 aliphatic heterocycles. The molecular weight excluding hydrogens is 373 g/mol. The Hall–Kier alpha value is -0.130. The second kappa shape index (κ2) is 9.11. The van der Waals surface area contributed by atoms with Crippen LogP contribution in [0, 0.1) is 9.49 Å². The Morgan fingerprint density at radius 3 is 2.43 bits per heavy atom. The molecule has 1 aromatic rings. The summed E-state index contributed by atoms with van der Waals surface area (Å²) < 4.78 is 7.23. The number of hydrogen-bond donors (Lipinski definition) is 1. The van der Waals surface area contributed by atoms with Crippen molar-refractivity contribution in [1.82, 2.24) is 5.32 Å². The van der Waals surface area contributed by atoms with E-state index in [0.717, 1.165) is 18.9 Å². The molecule has 2 rings (SSSR count). The zero-order chi connectivity index (χ0) is 15.1. The molecule has 2 unspecified atom stereocenters. The van der Waals surface area contributed by atoms with Crippen molar-refractivity contribution < 1.29 is 4.74 Å². The lowest BCUT2D eigenvalue weighted by Crippen LogP contribution is -2.46. The average Bonchev–Trinajstić information content (AvgIpc) is 2.51. The van der Waals surface area contributed by atoms with Gasteiger partial charge < -0.3 is 10.1 Å². The summed E-state index contributed by atoms with van der Waals surface area (Å²) in [5, 5.41) is 3.67. The van der Waals surface area contributed by atoms with Crippen LogP contribution in [0.15, 0.2) is 24.3 Å². The van der Waals surface area contributed by atoms with Gasteiger partial charge in [-0.2, -0.15) is 0 Å². The summed E-state index contributed by atoms with van der Waals surface area (Å²) in [7, 11) is 1.89. The Morgan fingerprint density at radius 1 is 1.19 bits per heavy atom. The van der Waals surface area contributed by atoms with Crippen molar-refractivity contribution in [3.05, 3.63) is 33.4 Å². The third kappa shape index (κ3) is 5.22. The van der Waals surface area contributed by atoms with Crippen molar-refractivity contribution in [2.45, 2.75) is 57.6 Å². The van der Waals surface area contributed by atoms with E-state index < -0.39 is 0 Å². The summed E-state index contributed by atoms with van der Waals surface area (Å²) in [6.07, 6.45) is 8.18. The van der Waals surface area contributed by atoms with Crippen molar-refractivity contribution in [3.8, 4) is 0 Å². The van der Waals surface area contributed by atoms with E-state index in [9.17, 15) is 0 Å². The minimum atomic E-state index is 0.338. The molecule has 1 aliphatic carbocycles. The first-order valence-electron chi connectivity index (χ1n) is 8.25. The van der Waals surface area contributed by atoms with Gasteiger partial charge in [0.25, 0.3) is 0 Å². The van der Waals surface area contributed by atoms with Gasteiger partial charge in [0.2, 0.25) is 0 Å². The minimum absolute atomic E-state index is 0.338. The lowest BCUT2D eigenvalue weighted by atomic mass is 9.81. The molecule has 2 nitrogen and oxygen atoms in total. The smallest absolute Gasteiger partial charge is 0.0755 e. The lowest BCUT2D eigenvalue weighted by molar-refractivity contribution is 0.00869. The summed E-state index contributed by atoms with van der Waals surface area (Å²) in [5.41, 5.74) is 1.40. The number of rotatable bonds is 7. The van der Waals surface area contributed by atoms with E-state index in [-0.39, 0.29) is 0 Å². The van der Waals surface area contributed by atoms with Gasteiger partial charge in [-0.25, -0.2) is 0 Å². The highest BCUT2D eigenvalue weighted by Crippen LogP contribution is 2.30. The molecule has 1 aliphatic rings. The molecule has 1 N–H and O–H groups in total. The van der Waals surface area contributed by atoms with Gasteiger partial charge in [-0.1, -0.05) is 38.3 Å². The Kier molecular flexibility index (Phi) is 7.47. The van der Waals surface area contributed by atoms with E-state index in [0.29, 0.717) is 12.1 Å². The van der Waals surface area contributed by atoms with Gasteiger partial charge in [-0.15, -0.1) is 0 Å². The van der Waals surface area contributed by atoms with Crippen LogP contribution in [-0.4, -0.2) is 25.8 Å². The molecule has 0 amide bonds. The third-order valence-corrected chi connectivity index (χ3v) is 5.34. The molecule has 1 fully saturated rings. The van der Waals surface area contributed by atoms with Crippen LogP contribution in [0.25, 0.3) is 0 Å². The SMILES string of the molecule is CCNC(Cc1ccc(I)cc1)C(OC)C1CCCCC1. The standard InChI is InChI=1S/C18H28INO/c1-3-20-17(13-14-9-11-16(19)12-10-14)18(21-2)15-7-5-4-6-8-15/h9-12,15,17-18,20H,3-8,13H2,1-2H3. The van der Waals surface area contributed by atoms with Crippen LogP contribution in [0.4, 0.5) is 0 Å². The number of methoxy groups -OCH3 is 1. The summed E-state index contributed by atoms with van der Waals surface area (Å²) in [5.74, 6) is 0.719. The Morgan fingerprint density at radius 2 is 1.86 bits per heavy atom. The monoisotopic (exact) mass is 401 g/mol. The van der Waals surface area contributed by atoms with Crippen LogP contribution in [0.1, 0.15) is 44.6 Å². The fourth-order valence-corrected chi connectivity index (χ4v) is 3.95. The van der Waals surface area contributed by atoms with E-state index in [1.165, 1.54) is 41.2 Å². The first kappa shape index (κ1) is 17.2. The second-order valence-electron chi connectivity index (χ2n) is 6.09. The highest BCUT2D eigenvalue weighted by Gasteiger charge is 2.30. The largest absolute Gasteiger partial charge is 0.380 e. The number of benzene rings is 1. The van der Waals surface area contributed by atoms with Crippen LogP contribution >= 0.6 is 22.6 Å². The first-order chi connectivity index (χ1) is 10.2. The van der Waals surface area contributed by atoms with Crippen molar-refractivity contribution in [1.29, 1.82) is 0 Å². The Bertz CT molecular complexity index is 400. The van der Waals surface area contributed by atoms with E-state index in [1.54, 1.807) is 0 Å². The molecule has 1 aromatic carbocycles. The average molecular weight is 401 g/mol. The molecular formula is C18H28INO. The molecule has 0 radical (unpaired) electrons. The Balaban J connectivity index is 2.05. The normalized spacial score (nSPS) is 19.4. The second-order valence-corrected chi connectivity index (χ2v) is 7.34. The van der Waals surface area contributed by atoms with Gasteiger partial charge in [0.1, 0.15) is 0 Å². The molecule has 3 heteroatoms. The van der Waals surface area contributed by atoms with Gasteiger partial charge in [-0.3, -0.25) is 0 Å². The van der Waals surface area contributed by atoms with Crippen LogP contribution in [0.3, 0.4) is 0 Å². The van der Waals surface area contributed by atoms with Crippen molar-refractivity contribution in [2.24, 2.45) is 5.92 Å². The summed E-state index contributed by atoms with van der Waals surface area (Å²) in [4.78, 5) is 0. The number of hydrogen-bond acceptors (Lipinski definition) is 2. The van der Waals surface area contributed by atoms with E-state index in [2.05, 4.69) is 59.1 Å². The number of halogens is 1. The van der Waals surface area contributed by atoms with Crippen LogP contribution in [-0.2, 0) is 11.2 Å². The predicted octanol–water partition coefficient (Wildman–Crippen LogP) is 4.41. The molecule has 118 valence electrons. The van der Waals surface area contributed by atoms with Crippen LogP contribution in [0.2, 0.25) is 0 Å². The maximum absolute atomic E-state index is 5.94. The summed E-state index contributed by atoms with van der Waals surface area (Å²) >= 11 is 2.36. The maximum atomic E-state index is 5.94. The van der Waals surface area contributed by atoms with Gasteiger partial charge in [0, 0.05) is 16.7 Å². The highest BCUT2D eigenvalue weighted by molar-refractivity contribution is 14.1. The zero-order valence-electron chi connectivity index (χ0n) is 13.3. The molecule has 0 saturated heterocycles. The molecule has 1 saturated carbocycles. The number of nitrogens with one attached hydrogen (secondary N) is 1.